The number of carboxylic acids is 1. The van der Waals surface area contributed by atoms with Crippen molar-refractivity contribution in [2.75, 3.05) is 0 Å². The predicted molar refractivity (Wildman–Crippen MR) is 66.1 cm³/mol. The lowest BCUT2D eigenvalue weighted by Crippen LogP contribution is -2.13. The van der Waals surface area contributed by atoms with E-state index in [1.807, 2.05) is 13.0 Å². The monoisotopic (exact) mass is 265 g/mol. The summed E-state index contributed by atoms with van der Waals surface area (Å²) < 4.78 is 1.34. The number of aryl methyl sites for hydroxylation is 1. The predicted octanol–water partition coefficient (Wildman–Crippen LogP) is 1.27. The first-order valence-electron chi connectivity index (χ1n) is 5.13. The first kappa shape index (κ1) is 12.4. The molecule has 0 bridgehead atoms. The molecule has 1 heterocycles. The van der Waals surface area contributed by atoms with Gasteiger partial charge in [0.1, 0.15) is 0 Å². The van der Waals surface area contributed by atoms with Gasteiger partial charge in [-0.2, -0.15) is 0 Å². The van der Waals surface area contributed by atoms with E-state index < -0.39 is 5.97 Å². The molecule has 2 rings (SSSR count). The number of carbonyl (C=O) groups is 1. The van der Waals surface area contributed by atoms with E-state index in [-0.39, 0.29) is 11.3 Å². The summed E-state index contributed by atoms with van der Waals surface area (Å²) in [5, 5.41) is 15.7. The number of aromatic carboxylic acids is 1. The average molecular weight is 265 g/mol. The third-order valence-electron chi connectivity index (χ3n) is 2.47. The molecule has 2 N–H and O–H groups in total. The molecule has 1 aromatic carbocycles. The number of hydrogen-bond donors (Lipinski definition) is 2. The second-order valence-corrected chi connectivity index (χ2v) is 4.71. The van der Waals surface area contributed by atoms with Gasteiger partial charge in [-0.1, -0.05) is 12.1 Å². The van der Waals surface area contributed by atoms with Gasteiger partial charge in [0.2, 0.25) is 0 Å². The Bertz CT molecular complexity index is 660. The van der Waals surface area contributed by atoms with Crippen LogP contribution in [0, 0.1) is 6.92 Å². The average Bonchev–Trinajstić information content (AvgIpc) is 2.63. The van der Waals surface area contributed by atoms with Crippen molar-refractivity contribution in [1.29, 1.82) is 0 Å². The van der Waals surface area contributed by atoms with Crippen molar-refractivity contribution in [3.8, 4) is 0 Å². The van der Waals surface area contributed by atoms with Gasteiger partial charge >= 0.3 is 11.7 Å². The Hall–Kier alpha value is -2.02. The summed E-state index contributed by atoms with van der Waals surface area (Å²) >= 11 is 1.16. The van der Waals surface area contributed by atoms with E-state index in [0.29, 0.717) is 10.1 Å². The van der Waals surface area contributed by atoms with E-state index in [1.165, 1.54) is 10.6 Å². The highest BCUT2D eigenvalue weighted by Gasteiger charge is 2.16. The third kappa shape index (κ3) is 2.17. The van der Waals surface area contributed by atoms with Crippen LogP contribution in [0.4, 0.5) is 0 Å². The number of nitrogens with one attached hydrogen (secondary N) is 1. The summed E-state index contributed by atoms with van der Waals surface area (Å²) in [5.41, 5.74) is 0.703. The van der Waals surface area contributed by atoms with E-state index in [1.54, 1.807) is 13.1 Å². The molecule has 0 spiro atoms. The van der Waals surface area contributed by atoms with Crippen LogP contribution in [0.1, 0.15) is 15.9 Å². The normalized spacial score (nSPS) is 10.6. The molecule has 0 saturated heterocycles. The first-order chi connectivity index (χ1) is 8.50. The molecule has 6 nitrogen and oxygen atoms in total. The third-order valence-corrected chi connectivity index (χ3v) is 3.77. The van der Waals surface area contributed by atoms with Crippen molar-refractivity contribution in [3.05, 3.63) is 39.8 Å². The molecule has 0 amide bonds. The highest BCUT2D eigenvalue weighted by Crippen LogP contribution is 2.31. The van der Waals surface area contributed by atoms with Crippen LogP contribution in [0.25, 0.3) is 0 Å². The molecule has 7 heteroatoms. The zero-order valence-electron chi connectivity index (χ0n) is 9.80. The van der Waals surface area contributed by atoms with Crippen LogP contribution < -0.4 is 5.69 Å². The summed E-state index contributed by atoms with van der Waals surface area (Å²) in [6.07, 6.45) is 0. The van der Waals surface area contributed by atoms with Gasteiger partial charge in [0, 0.05) is 11.9 Å². The second-order valence-electron chi connectivity index (χ2n) is 3.73. The SMILES string of the molecule is Cc1cccc(C(=O)O)c1Sc1n[nH]c(=O)n1C. The molecule has 18 heavy (non-hydrogen) atoms. The molecule has 94 valence electrons. The number of aromatic amines is 1. The zero-order chi connectivity index (χ0) is 13.3. The summed E-state index contributed by atoms with van der Waals surface area (Å²) in [5.74, 6) is -0.998. The Morgan fingerprint density at radius 1 is 1.50 bits per heavy atom. The maximum atomic E-state index is 11.2. The molecule has 1 aromatic heterocycles. The molecule has 0 fully saturated rings. The Balaban J connectivity index is 2.49. The number of benzene rings is 1. The molecule has 0 radical (unpaired) electrons. The van der Waals surface area contributed by atoms with Gasteiger partial charge in [-0.15, -0.1) is 5.10 Å². The number of H-pyrrole nitrogens is 1. The number of rotatable bonds is 3. The zero-order valence-corrected chi connectivity index (χ0v) is 10.6. The maximum Gasteiger partial charge on any atom is 0.343 e. The second kappa shape index (κ2) is 4.69. The van der Waals surface area contributed by atoms with E-state index in [9.17, 15) is 9.59 Å². The Labute approximate surface area is 107 Å². The smallest absolute Gasteiger partial charge is 0.343 e. The lowest BCUT2D eigenvalue weighted by atomic mass is 10.1. The van der Waals surface area contributed by atoms with Crippen LogP contribution in [-0.2, 0) is 7.05 Å². The molecular formula is C11H11N3O3S. The number of carboxylic acid groups (broad SMARTS) is 1. The van der Waals surface area contributed by atoms with Gasteiger partial charge in [0.05, 0.1) is 5.56 Å². The van der Waals surface area contributed by atoms with Crippen molar-refractivity contribution in [3.63, 3.8) is 0 Å². The molecule has 0 aliphatic rings. The van der Waals surface area contributed by atoms with Gasteiger partial charge in [0.15, 0.2) is 5.16 Å². The molecule has 2 aromatic rings. The fraction of sp³-hybridized carbons (Fsp3) is 0.182. The number of hydrogen-bond acceptors (Lipinski definition) is 4. The Morgan fingerprint density at radius 3 is 2.78 bits per heavy atom. The van der Waals surface area contributed by atoms with Crippen molar-refractivity contribution in [2.24, 2.45) is 7.05 Å². The Kier molecular flexibility index (Phi) is 3.24. The summed E-state index contributed by atoms with van der Waals surface area (Å²) in [4.78, 5) is 23.0. The summed E-state index contributed by atoms with van der Waals surface area (Å²) in [7, 11) is 1.58. The van der Waals surface area contributed by atoms with E-state index in [0.717, 1.165) is 17.3 Å². The first-order valence-corrected chi connectivity index (χ1v) is 5.94. The molecule has 0 saturated carbocycles. The van der Waals surface area contributed by atoms with E-state index >= 15 is 0 Å². The van der Waals surface area contributed by atoms with Gasteiger partial charge in [-0.3, -0.25) is 4.57 Å². The number of nitrogens with zero attached hydrogens (tertiary/aromatic N) is 2. The highest BCUT2D eigenvalue weighted by atomic mass is 32.2. The summed E-state index contributed by atoms with van der Waals surface area (Å²) in [6, 6.07) is 5.04. The van der Waals surface area contributed by atoms with E-state index in [4.69, 9.17) is 5.11 Å². The Morgan fingerprint density at radius 2 is 2.22 bits per heavy atom. The van der Waals surface area contributed by atoms with Crippen molar-refractivity contribution in [2.45, 2.75) is 17.0 Å². The fourth-order valence-corrected chi connectivity index (χ4v) is 2.46. The van der Waals surface area contributed by atoms with Crippen molar-refractivity contribution >= 4 is 17.7 Å². The standard InChI is InChI=1S/C11H11N3O3S/c1-6-4-3-5-7(9(15)16)8(6)18-11-13-12-10(17)14(11)2/h3-5H,1-2H3,(H,12,17)(H,15,16). The van der Waals surface area contributed by atoms with Gasteiger partial charge in [0.25, 0.3) is 0 Å². The fourth-order valence-electron chi connectivity index (χ4n) is 1.47. The molecule has 0 aliphatic carbocycles. The van der Waals surface area contributed by atoms with Crippen LogP contribution in [0.5, 0.6) is 0 Å². The van der Waals surface area contributed by atoms with E-state index in [2.05, 4.69) is 10.2 Å². The highest BCUT2D eigenvalue weighted by molar-refractivity contribution is 7.99. The molecule has 0 aliphatic heterocycles. The molecule has 0 atom stereocenters. The maximum absolute atomic E-state index is 11.2. The quantitative estimate of drug-likeness (QED) is 0.872. The van der Waals surface area contributed by atoms with Gasteiger partial charge in [-0.05, 0) is 30.3 Å². The van der Waals surface area contributed by atoms with Crippen LogP contribution >= 0.6 is 11.8 Å². The summed E-state index contributed by atoms with van der Waals surface area (Å²) in [6.45, 7) is 1.82. The lowest BCUT2D eigenvalue weighted by Gasteiger charge is -2.07. The van der Waals surface area contributed by atoms with Gasteiger partial charge < -0.3 is 5.11 Å². The number of aromatic nitrogens is 3. The minimum absolute atomic E-state index is 0.204. The minimum atomic E-state index is -0.998. The van der Waals surface area contributed by atoms with Crippen LogP contribution in [0.15, 0.2) is 33.0 Å². The van der Waals surface area contributed by atoms with Crippen LogP contribution in [0.3, 0.4) is 0 Å². The van der Waals surface area contributed by atoms with Crippen LogP contribution in [0.2, 0.25) is 0 Å². The minimum Gasteiger partial charge on any atom is -0.478 e. The lowest BCUT2D eigenvalue weighted by molar-refractivity contribution is 0.0693. The largest absolute Gasteiger partial charge is 0.478 e. The molecule has 0 unspecified atom stereocenters. The van der Waals surface area contributed by atoms with Gasteiger partial charge in [-0.25, -0.2) is 14.7 Å². The topological polar surface area (TPSA) is 88.0 Å². The van der Waals surface area contributed by atoms with Crippen molar-refractivity contribution in [1.82, 2.24) is 14.8 Å². The van der Waals surface area contributed by atoms with Crippen LogP contribution in [-0.4, -0.2) is 25.8 Å². The van der Waals surface area contributed by atoms with Crippen molar-refractivity contribution < 1.29 is 9.90 Å². The molecular weight excluding hydrogens is 254 g/mol.